The number of nitrogens with one attached hydrogen (secondary N) is 1. The predicted octanol–water partition coefficient (Wildman–Crippen LogP) is 3.49. The van der Waals surface area contributed by atoms with E-state index >= 15 is 0 Å². The number of aromatic nitrogens is 3. The monoisotopic (exact) mass is 344 g/mol. The van der Waals surface area contributed by atoms with Gasteiger partial charge in [-0.2, -0.15) is 0 Å². The lowest BCUT2D eigenvalue weighted by Crippen LogP contribution is -2.22. The number of nitrogens with zero attached hydrogens (tertiary/aromatic N) is 3. The topological polar surface area (TPSA) is 67.8 Å². The van der Waals surface area contributed by atoms with Crippen LogP contribution in [0.25, 0.3) is 10.7 Å². The molecule has 3 rings (SSSR count). The first kappa shape index (κ1) is 15.6. The molecule has 0 aliphatic heterocycles. The third-order valence-electron chi connectivity index (χ3n) is 3.12. The third-order valence-corrected chi connectivity index (χ3v) is 4.48. The molecule has 2 heterocycles. The van der Waals surface area contributed by atoms with Gasteiger partial charge in [0.1, 0.15) is 20.7 Å². The summed E-state index contributed by atoms with van der Waals surface area (Å²) in [7, 11) is 0. The Labute approximate surface area is 142 Å². The Kier molecular flexibility index (Phi) is 4.64. The maximum absolute atomic E-state index is 12.3. The van der Waals surface area contributed by atoms with Crippen LogP contribution in [0.1, 0.15) is 20.9 Å². The molecular weight excluding hydrogens is 332 g/mol. The van der Waals surface area contributed by atoms with Gasteiger partial charge in [0.05, 0.1) is 18.1 Å². The quantitative estimate of drug-likeness (QED) is 0.786. The number of amides is 1. The SMILES string of the molecule is Cc1nc(-c2cncc(Cl)n2)sc1C(=O)NCc1ccccc1. The van der Waals surface area contributed by atoms with E-state index < -0.39 is 0 Å². The number of benzene rings is 1. The molecule has 5 nitrogen and oxygen atoms in total. The maximum atomic E-state index is 12.3. The lowest BCUT2D eigenvalue weighted by atomic mass is 10.2. The summed E-state index contributed by atoms with van der Waals surface area (Å²) in [5, 5.41) is 3.83. The van der Waals surface area contributed by atoms with Gasteiger partial charge in [-0.1, -0.05) is 41.9 Å². The molecule has 0 fully saturated rings. The van der Waals surface area contributed by atoms with Crippen LogP contribution >= 0.6 is 22.9 Å². The molecule has 0 spiro atoms. The summed E-state index contributed by atoms with van der Waals surface area (Å²) in [5.74, 6) is -0.148. The van der Waals surface area contributed by atoms with Gasteiger partial charge in [0.15, 0.2) is 0 Å². The van der Waals surface area contributed by atoms with Crippen LogP contribution in [0.2, 0.25) is 5.15 Å². The van der Waals surface area contributed by atoms with E-state index in [1.54, 1.807) is 13.1 Å². The lowest BCUT2D eigenvalue weighted by molar-refractivity contribution is 0.0954. The van der Waals surface area contributed by atoms with Crippen LogP contribution in [-0.4, -0.2) is 20.9 Å². The molecule has 0 saturated carbocycles. The zero-order valence-electron chi connectivity index (χ0n) is 12.3. The number of carbonyl (C=O) groups is 1. The van der Waals surface area contributed by atoms with Gasteiger partial charge >= 0.3 is 0 Å². The molecule has 7 heteroatoms. The fourth-order valence-electron chi connectivity index (χ4n) is 2.02. The Balaban J connectivity index is 1.76. The molecular formula is C16H13ClN4OS. The average molecular weight is 345 g/mol. The Hall–Kier alpha value is -2.31. The fourth-order valence-corrected chi connectivity index (χ4v) is 3.10. The molecule has 1 N–H and O–H groups in total. The first-order chi connectivity index (χ1) is 11.1. The van der Waals surface area contributed by atoms with E-state index in [4.69, 9.17) is 11.6 Å². The van der Waals surface area contributed by atoms with Crippen LogP contribution in [0.4, 0.5) is 0 Å². The van der Waals surface area contributed by atoms with Crippen LogP contribution in [0, 0.1) is 6.92 Å². The summed E-state index contributed by atoms with van der Waals surface area (Å²) < 4.78 is 0. The highest BCUT2D eigenvalue weighted by Crippen LogP contribution is 2.26. The Morgan fingerprint density at radius 1 is 1.22 bits per heavy atom. The largest absolute Gasteiger partial charge is 0.347 e. The summed E-state index contributed by atoms with van der Waals surface area (Å²) in [6, 6.07) is 9.75. The standard InChI is InChI=1S/C16H13ClN4OS/c1-10-14(15(22)19-7-11-5-3-2-4-6-11)23-16(20-10)12-8-18-9-13(17)21-12/h2-6,8-9H,7H2,1H3,(H,19,22). The van der Waals surface area contributed by atoms with Gasteiger partial charge in [0, 0.05) is 6.54 Å². The molecule has 116 valence electrons. The maximum Gasteiger partial charge on any atom is 0.263 e. The lowest BCUT2D eigenvalue weighted by Gasteiger charge is -2.03. The van der Waals surface area contributed by atoms with Crippen molar-refractivity contribution in [2.75, 3.05) is 0 Å². The minimum Gasteiger partial charge on any atom is -0.347 e. The van der Waals surface area contributed by atoms with Crippen molar-refractivity contribution in [1.29, 1.82) is 0 Å². The van der Waals surface area contributed by atoms with Gasteiger partial charge in [-0.25, -0.2) is 9.97 Å². The third kappa shape index (κ3) is 3.72. The van der Waals surface area contributed by atoms with Crippen molar-refractivity contribution in [3.63, 3.8) is 0 Å². The van der Waals surface area contributed by atoms with E-state index in [-0.39, 0.29) is 5.91 Å². The number of thiazole rings is 1. The Morgan fingerprint density at radius 2 is 2.00 bits per heavy atom. The van der Waals surface area contributed by atoms with Gasteiger partial charge in [-0.05, 0) is 12.5 Å². The highest BCUT2D eigenvalue weighted by Gasteiger charge is 2.17. The van der Waals surface area contributed by atoms with E-state index in [0.29, 0.717) is 33.0 Å². The molecule has 23 heavy (non-hydrogen) atoms. The van der Waals surface area contributed by atoms with Crippen LogP contribution in [0.15, 0.2) is 42.7 Å². The van der Waals surface area contributed by atoms with Crippen molar-refractivity contribution < 1.29 is 4.79 Å². The van der Waals surface area contributed by atoms with E-state index in [1.807, 2.05) is 30.3 Å². The summed E-state index contributed by atoms with van der Waals surface area (Å²) in [4.78, 5) is 25.5. The van der Waals surface area contributed by atoms with Gasteiger partial charge < -0.3 is 5.32 Å². The van der Waals surface area contributed by atoms with Crippen molar-refractivity contribution >= 4 is 28.8 Å². The van der Waals surface area contributed by atoms with Crippen molar-refractivity contribution in [2.45, 2.75) is 13.5 Å². The number of aryl methyl sites for hydroxylation is 1. The van der Waals surface area contributed by atoms with E-state index in [0.717, 1.165) is 5.56 Å². The molecule has 0 aliphatic carbocycles. The molecule has 0 aliphatic rings. The average Bonchev–Trinajstić information content (AvgIpc) is 2.96. The number of hydrogen-bond donors (Lipinski definition) is 1. The first-order valence-electron chi connectivity index (χ1n) is 6.91. The molecule has 0 radical (unpaired) electrons. The smallest absolute Gasteiger partial charge is 0.263 e. The molecule has 0 unspecified atom stereocenters. The second-order valence-electron chi connectivity index (χ2n) is 4.83. The fraction of sp³-hybridized carbons (Fsp3) is 0.125. The summed E-state index contributed by atoms with van der Waals surface area (Å²) in [5.41, 5.74) is 2.27. The van der Waals surface area contributed by atoms with Gasteiger partial charge in [0.2, 0.25) is 0 Å². The van der Waals surface area contributed by atoms with Crippen molar-refractivity contribution in [2.24, 2.45) is 0 Å². The Bertz CT molecular complexity index is 835. The minimum atomic E-state index is -0.148. The van der Waals surface area contributed by atoms with Crippen LogP contribution in [-0.2, 0) is 6.54 Å². The normalized spacial score (nSPS) is 10.5. The number of hydrogen-bond acceptors (Lipinski definition) is 5. The van der Waals surface area contributed by atoms with Crippen molar-refractivity contribution in [1.82, 2.24) is 20.3 Å². The zero-order valence-corrected chi connectivity index (χ0v) is 13.9. The van der Waals surface area contributed by atoms with E-state index in [2.05, 4.69) is 20.3 Å². The van der Waals surface area contributed by atoms with Crippen LogP contribution in [0.3, 0.4) is 0 Å². The van der Waals surface area contributed by atoms with Gasteiger partial charge in [0.25, 0.3) is 5.91 Å². The molecule has 1 aromatic carbocycles. The number of carbonyl (C=O) groups excluding carboxylic acids is 1. The van der Waals surface area contributed by atoms with E-state index in [9.17, 15) is 4.79 Å². The molecule has 0 bridgehead atoms. The molecule has 0 saturated heterocycles. The van der Waals surface area contributed by atoms with E-state index in [1.165, 1.54) is 17.5 Å². The molecule has 0 atom stereocenters. The highest BCUT2D eigenvalue weighted by molar-refractivity contribution is 7.17. The summed E-state index contributed by atoms with van der Waals surface area (Å²) in [6.07, 6.45) is 3.04. The summed E-state index contributed by atoms with van der Waals surface area (Å²) >= 11 is 7.13. The molecule has 2 aromatic heterocycles. The van der Waals surface area contributed by atoms with Gasteiger partial charge in [-0.15, -0.1) is 11.3 Å². The van der Waals surface area contributed by atoms with Gasteiger partial charge in [-0.3, -0.25) is 9.78 Å². The van der Waals surface area contributed by atoms with Crippen LogP contribution in [0.5, 0.6) is 0 Å². The second kappa shape index (κ2) is 6.85. The number of halogens is 1. The Morgan fingerprint density at radius 3 is 2.74 bits per heavy atom. The van der Waals surface area contributed by atoms with Crippen molar-refractivity contribution in [3.05, 3.63) is 64.0 Å². The first-order valence-corrected chi connectivity index (χ1v) is 8.10. The minimum absolute atomic E-state index is 0.148. The zero-order chi connectivity index (χ0) is 16.2. The van der Waals surface area contributed by atoms with Crippen LogP contribution < -0.4 is 5.32 Å². The second-order valence-corrected chi connectivity index (χ2v) is 6.22. The predicted molar refractivity (Wildman–Crippen MR) is 90.5 cm³/mol. The molecule has 1 amide bonds. The van der Waals surface area contributed by atoms with Crippen molar-refractivity contribution in [3.8, 4) is 10.7 Å². The molecule has 3 aromatic rings. The number of rotatable bonds is 4. The highest BCUT2D eigenvalue weighted by atomic mass is 35.5. The summed E-state index contributed by atoms with van der Waals surface area (Å²) in [6.45, 7) is 2.28.